The molecule has 0 aliphatic rings. The number of esters is 1. The Morgan fingerprint density at radius 3 is 2.40 bits per heavy atom. The van der Waals surface area contributed by atoms with Gasteiger partial charge in [-0.05, 0) is 31.2 Å². The normalized spacial score (nSPS) is 10.2. The molecule has 7 heteroatoms. The van der Waals surface area contributed by atoms with E-state index in [4.69, 9.17) is 14.2 Å². The molecule has 0 N–H and O–H groups in total. The first-order chi connectivity index (χ1) is 11.9. The fraction of sp³-hybridized carbons (Fsp3) is 0.222. The molecule has 1 aromatic carbocycles. The molecule has 1 heterocycles. The summed E-state index contributed by atoms with van der Waals surface area (Å²) < 4.78 is 29.7. The van der Waals surface area contributed by atoms with Crippen LogP contribution in [-0.4, -0.2) is 31.4 Å². The lowest BCUT2D eigenvalue weighted by molar-refractivity contribution is 0.0594. The Morgan fingerprint density at radius 1 is 1.24 bits per heavy atom. The third-order valence-corrected chi connectivity index (χ3v) is 3.48. The molecule has 0 aliphatic heterocycles. The zero-order chi connectivity index (χ0) is 18.6. The highest BCUT2D eigenvalue weighted by molar-refractivity contribution is 5.94. The van der Waals surface area contributed by atoms with Crippen LogP contribution in [-0.2, 0) is 9.47 Å². The molecule has 0 saturated heterocycles. The zero-order valence-electron chi connectivity index (χ0n) is 14.2. The van der Waals surface area contributed by atoms with Crippen molar-refractivity contribution in [2.75, 3.05) is 20.8 Å². The number of benzene rings is 1. The van der Waals surface area contributed by atoms with Crippen LogP contribution >= 0.6 is 0 Å². The van der Waals surface area contributed by atoms with E-state index in [2.05, 4.69) is 6.58 Å². The van der Waals surface area contributed by atoms with Crippen molar-refractivity contribution in [1.82, 2.24) is 4.57 Å². The van der Waals surface area contributed by atoms with Gasteiger partial charge in [0, 0.05) is 11.9 Å². The van der Waals surface area contributed by atoms with Crippen molar-refractivity contribution in [3.8, 4) is 11.4 Å². The standard InChI is InChI=1S/C18H18FNO5/c1-5-25-11(2)14-10-20(13-8-6-12(19)7-9-13)17(21)15(16(14)23-3)18(22)24-4/h6-10H,2,5H2,1,3-4H3. The third-order valence-electron chi connectivity index (χ3n) is 3.48. The molecule has 2 aromatic rings. The van der Waals surface area contributed by atoms with E-state index in [0.29, 0.717) is 17.9 Å². The molecule has 0 radical (unpaired) electrons. The quantitative estimate of drug-likeness (QED) is 0.594. The second-order valence-corrected chi connectivity index (χ2v) is 4.95. The Hall–Kier alpha value is -3.09. The molecule has 0 bridgehead atoms. The molecule has 1 aromatic heterocycles. The first-order valence-corrected chi connectivity index (χ1v) is 7.44. The van der Waals surface area contributed by atoms with Gasteiger partial charge in [0.15, 0.2) is 11.3 Å². The minimum absolute atomic E-state index is 0.00802. The number of halogens is 1. The molecule has 6 nitrogen and oxygen atoms in total. The molecule has 0 saturated carbocycles. The van der Waals surface area contributed by atoms with E-state index in [0.717, 1.165) is 7.11 Å². The second-order valence-electron chi connectivity index (χ2n) is 4.95. The minimum Gasteiger partial charge on any atom is -0.495 e. The number of nitrogens with zero attached hydrogens (tertiary/aromatic N) is 1. The van der Waals surface area contributed by atoms with E-state index in [9.17, 15) is 14.0 Å². The van der Waals surface area contributed by atoms with Gasteiger partial charge in [0.05, 0.1) is 26.4 Å². The Bertz CT molecular complexity index is 855. The molecule has 0 unspecified atom stereocenters. The number of carbonyl (C=O) groups excluding carboxylic acids is 1. The van der Waals surface area contributed by atoms with Gasteiger partial charge in [0.1, 0.15) is 11.6 Å². The smallest absolute Gasteiger partial charge is 0.347 e. The van der Waals surface area contributed by atoms with E-state index in [-0.39, 0.29) is 17.1 Å². The van der Waals surface area contributed by atoms with E-state index in [1.54, 1.807) is 6.92 Å². The van der Waals surface area contributed by atoms with Gasteiger partial charge in [-0.25, -0.2) is 9.18 Å². The number of hydrogen-bond acceptors (Lipinski definition) is 5. The first-order valence-electron chi connectivity index (χ1n) is 7.44. The Kier molecular flexibility index (Phi) is 5.59. The van der Waals surface area contributed by atoms with Crippen molar-refractivity contribution in [1.29, 1.82) is 0 Å². The molecular formula is C18H18FNO5. The van der Waals surface area contributed by atoms with Crippen LogP contribution in [0, 0.1) is 5.82 Å². The molecule has 0 fully saturated rings. The van der Waals surface area contributed by atoms with Crippen LogP contribution in [0.4, 0.5) is 4.39 Å². The number of ether oxygens (including phenoxy) is 3. The van der Waals surface area contributed by atoms with Crippen LogP contribution in [0.2, 0.25) is 0 Å². The Labute approximate surface area is 144 Å². The lowest BCUT2D eigenvalue weighted by Gasteiger charge is -2.17. The summed E-state index contributed by atoms with van der Waals surface area (Å²) in [6, 6.07) is 5.25. The highest BCUT2D eigenvalue weighted by Crippen LogP contribution is 2.29. The number of carbonyl (C=O) groups is 1. The number of hydrogen-bond donors (Lipinski definition) is 0. The summed E-state index contributed by atoms with van der Waals surface area (Å²) in [7, 11) is 2.49. The first kappa shape index (κ1) is 18.3. The summed E-state index contributed by atoms with van der Waals surface area (Å²) in [6.07, 6.45) is 1.43. The van der Waals surface area contributed by atoms with E-state index < -0.39 is 17.3 Å². The number of pyridine rings is 1. The predicted molar refractivity (Wildman–Crippen MR) is 90.5 cm³/mol. The highest BCUT2D eigenvalue weighted by atomic mass is 19.1. The van der Waals surface area contributed by atoms with Gasteiger partial charge in [-0.3, -0.25) is 9.36 Å². The van der Waals surface area contributed by atoms with Crippen LogP contribution in [0.1, 0.15) is 22.8 Å². The van der Waals surface area contributed by atoms with Gasteiger partial charge in [0.2, 0.25) is 0 Å². The molecule has 132 valence electrons. The van der Waals surface area contributed by atoms with Crippen molar-refractivity contribution < 1.29 is 23.4 Å². The van der Waals surface area contributed by atoms with Crippen LogP contribution in [0.3, 0.4) is 0 Å². The van der Waals surface area contributed by atoms with Gasteiger partial charge in [-0.1, -0.05) is 6.58 Å². The molecule has 0 amide bonds. The average molecular weight is 347 g/mol. The van der Waals surface area contributed by atoms with Crippen LogP contribution in [0.25, 0.3) is 11.4 Å². The SMILES string of the molecule is C=C(OCC)c1cn(-c2ccc(F)cc2)c(=O)c(C(=O)OC)c1OC. The number of rotatable bonds is 6. The summed E-state index contributed by atoms with van der Waals surface area (Å²) in [4.78, 5) is 24.9. The van der Waals surface area contributed by atoms with Crippen molar-refractivity contribution in [3.63, 3.8) is 0 Å². The summed E-state index contributed by atoms with van der Waals surface area (Å²) >= 11 is 0. The van der Waals surface area contributed by atoms with E-state index in [1.807, 2.05) is 0 Å². The fourth-order valence-electron chi connectivity index (χ4n) is 2.34. The highest BCUT2D eigenvalue weighted by Gasteiger charge is 2.25. The second kappa shape index (κ2) is 7.65. The van der Waals surface area contributed by atoms with Crippen LogP contribution in [0.15, 0.2) is 41.8 Å². The molecule has 0 atom stereocenters. The predicted octanol–water partition coefficient (Wildman–Crippen LogP) is 2.78. The number of methoxy groups -OCH3 is 2. The maximum absolute atomic E-state index is 13.2. The average Bonchev–Trinajstić information content (AvgIpc) is 2.61. The van der Waals surface area contributed by atoms with Crippen molar-refractivity contribution >= 4 is 11.7 Å². The number of aromatic nitrogens is 1. The fourth-order valence-corrected chi connectivity index (χ4v) is 2.34. The molecule has 0 spiro atoms. The van der Waals surface area contributed by atoms with Gasteiger partial charge in [-0.15, -0.1) is 0 Å². The monoisotopic (exact) mass is 347 g/mol. The Morgan fingerprint density at radius 2 is 1.88 bits per heavy atom. The lowest BCUT2D eigenvalue weighted by atomic mass is 10.1. The minimum atomic E-state index is -0.858. The summed E-state index contributed by atoms with van der Waals surface area (Å²) in [5.41, 5.74) is -0.283. The van der Waals surface area contributed by atoms with Crippen molar-refractivity contribution in [2.45, 2.75) is 6.92 Å². The maximum Gasteiger partial charge on any atom is 0.347 e. The van der Waals surface area contributed by atoms with Gasteiger partial charge in [-0.2, -0.15) is 0 Å². The summed E-state index contributed by atoms with van der Waals surface area (Å²) in [5.74, 6) is -1.07. The van der Waals surface area contributed by atoms with Gasteiger partial charge in [0.25, 0.3) is 5.56 Å². The maximum atomic E-state index is 13.2. The van der Waals surface area contributed by atoms with Crippen LogP contribution in [0.5, 0.6) is 5.75 Å². The lowest BCUT2D eigenvalue weighted by Crippen LogP contribution is -2.27. The van der Waals surface area contributed by atoms with E-state index in [1.165, 1.54) is 42.1 Å². The topological polar surface area (TPSA) is 66.8 Å². The molecule has 2 rings (SSSR count). The third kappa shape index (κ3) is 3.55. The van der Waals surface area contributed by atoms with Crippen molar-refractivity contribution in [3.05, 3.63) is 64.3 Å². The van der Waals surface area contributed by atoms with Gasteiger partial charge >= 0.3 is 5.97 Å². The molecule has 0 aliphatic carbocycles. The van der Waals surface area contributed by atoms with Crippen LogP contribution < -0.4 is 10.3 Å². The molecular weight excluding hydrogens is 329 g/mol. The van der Waals surface area contributed by atoms with E-state index >= 15 is 0 Å². The summed E-state index contributed by atoms with van der Waals surface area (Å²) in [5, 5.41) is 0. The van der Waals surface area contributed by atoms with Crippen molar-refractivity contribution in [2.24, 2.45) is 0 Å². The molecule has 25 heavy (non-hydrogen) atoms. The Balaban J connectivity index is 2.82. The van der Waals surface area contributed by atoms with Gasteiger partial charge < -0.3 is 14.2 Å². The largest absolute Gasteiger partial charge is 0.495 e. The summed E-state index contributed by atoms with van der Waals surface area (Å²) in [6.45, 7) is 5.91. The zero-order valence-corrected chi connectivity index (χ0v) is 14.2.